The molecule has 0 aliphatic rings. The number of hydrogen-bond donors (Lipinski definition) is 1. The minimum absolute atomic E-state index is 0.281. The Bertz CT molecular complexity index is 444. The molecule has 0 aromatic carbocycles. The first kappa shape index (κ1) is 11.4. The number of nitrogens with one attached hydrogen (secondary N) is 1. The number of hydrogen-bond acceptors (Lipinski definition) is 4. The van der Waals surface area contributed by atoms with E-state index in [0.29, 0.717) is 11.0 Å². The summed E-state index contributed by atoms with van der Waals surface area (Å²) in [6.45, 7) is 2.10. The number of anilines is 1. The molecule has 16 heavy (non-hydrogen) atoms. The smallest absolute Gasteiger partial charge is 0.171 e. The fraction of sp³-hybridized carbons (Fsp3) is 0.273. The van der Waals surface area contributed by atoms with Crippen molar-refractivity contribution in [1.29, 1.82) is 0 Å². The topological polar surface area (TPSA) is 37.8 Å². The van der Waals surface area contributed by atoms with E-state index in [-0.39, 0.29) is 6.04 Å². The van der Waals surface area contributed by atoms with Gasteiger partial charge in [-0.2, -0.15) is 11.3 Å². The molecule has 0 radical (unpaired) electrons. The second kappa shape index (κ2) is 5.27. The van der Waals surface area contributed by atoms with Gasteiger partial charge in [0.25, 0.3) is 0 Å². The third-order valence-corrected chi connectivity index (χ3v) is 3.17. The highest BCUT2D eigenvalue weighted by Crippen LogP contribution is 2.17. The Labute approximate surface area is 104 Å². The zero-order valence-corrected chi connectivity index (χ0v) is 10.4. The Morgan fingerprint density at radius 2 is 2.25 bits per heavy atom. The minimum Gasteiger partial charge on any atom is -0.365 e. The van der Waals surface area contributed by atoms with Crippen molar-refractivity contribution in [2.75, 3.05) is 5.32 Å². The Hall–Kier alpha value is -1.13. The standard InChI is InChI=1S/C11H12ClN3S/c1-8(6-9-2-5-16-7-9)15-11-10(12)13-3-4-14-11/h2-5,7-8H,6H2,1H3,(H,14,15). The van der Waals surface area contributed by atoms with E-state index in [1.54, 1.807) is 23.7 Å². The molecular formula is C11H12ClN3S. The van der Waals surface area contributed by atoms with Crippen LogP contribution in [0.15, 0.2) is 29.2 Å². The average Bonchev–Trinajstić information content (AvgIpc) is 2.74. The highest BCUT2D eigenvalue weighted by atomic mass is 35.5. The van der Waals surface area contributed by atoms with Crippen molar-refractivity contribution in [3.05, 3.63) is 39.9 Å². The highest BCUT2D eigenvalue weighted by molar-refractivity contribution is 7.07. The van der Waals surface area contributed by atoms with Gasteiger partial charge in [0.2, 0.25) is 0 Å². The van der Waals surface area contributed by atoms with Crippen LogP contribution in [-0.4, -0.2) is 16.0 Å². The van der Waals surface area contributed by atoms with Crippen LogP contribution in [-0.2, 0) is 6.42 Å². The van der Waals surface area contributed by atoms with Crippen molar-refractivity contribution < 1.29 is 0 Å². The maximum atomic E-state index is 5.92. The summed E-state index contributed by atoms with van der Waals surface area (Å²) in [5.74, 6) is 0.645. The van der Waals surface area contributed by atoms with E-state index in [1.807, 2.05) is 0 Å². The van der Waals surface area contributed by atoms with Crippen molar-refractivity contribution in [3.63, 3.8) is 0 Å². The third kappa shape index (κ3) is 2.93. The Balaban J connectivity index is 1.97. The first-order valence-electron chi connectivity index (χ1n) is 5.00. The van der Waals surface area contributed by atoms with Crippen LogP contribution in [0.1, 0.15) is 12.5 Å². The molecule has 0 fully saturated rings. The molecule has 1 atom stereocenters. The van der Waals surface area contributed by atoms with Gasteiger partial charge in [-0.15, -0.1) is 0 Å². The normalized spacial score (nSPS) is 12.4. The SMILES string of the molecule is CC(Cc1ccsc1)Nc1nccnc1Cl. The zero-order valence-electron chi connectivity index (χ0n) is 8.85. The zero-order chi connectivity index (χ0) is 11.4. The summed E-state index contributed by atoms with van der Waals surface area (Å²) < 4.78 is 0. The number of nitrogens with zero attached hydrogens (tertiary/aromatic N) is 2. The summed E-state index contributed by atoms with van der Waals surface area (Å²) in [4.78, 5) is 8.12. The van der Waals surface area contributed by atoms with Crippen LogP contribution >= 0.6 is 22.9 Å². The van der Waals surface area contributed by atoms with E-state index in [1.165, 1.54) is 5.56 Å². The lowest BCUT2D eigenvalue weighted by atomic mass is 10.1. The lowest BCUT2D eigenvalue weighted by Crippen LogP contribution is -2.19. The molecule has 2 aromatic heterocycles. The van der Waals surface area contributed by atoms with Gasteiger partial charge >= 0.3 is 0 Å². The van der Waals surface area contributed by atoms with Gasteiger partial charge in [-0.3, -0.25) is 0 Å². The van der Waals surface area contributed by atoms with Crippen molar-refractivity contribution in [1.82, 2.24) is 9.97 Å². The lowest BCUT2D eigenvalue weighted by molar-refractivity contribution is 0.785. The average molecular weight is 254 g/mol. The van der Waals surface area contributed by atoms with Crippen molar-refractivity contribution in [3.8, 4) is 0 Å². The molecule has 0 aliphatic carbocycles. The first-order chi connectivity index (χ1) is 7.75. The van der Waals surface area contributed by atoms with Gasteiger partial charge in [0.1, 0.15) is 0 Å². The molecule has 2 heterocycles. The summed E-state index contributed by atoms with van der Waals surface area (Å²) >= 11 is 7.63. The van der Waals surface area contributed by atoms with E-state index in [4.69, 9.17) is 11.6 Å². The molecule has 2 aromatic rings. The molecule has 1 unspecified atom stereocenters. The summed E-state index contributed by atoms with van der Waals surface area (Å²) in [5.41, 5.74) is 1.32. The molecule has 84 valence electrons. The van der Waals surface area contributed by atoms with E-state index in [0.717, 1.165) is 6.42 Å². The monoisotopic (exact) mass is 253 g/mol. The van der Waals surface area contributed by atoms with Gasteiger partial charge in [-0.05, 0) is 35.7 Å². The molecule has 0 amide bonds. The van der Waals surface area contributed by atoms with Crippen LogP contribution < -0.4 is 5.32 Å². The summed E-state index contributed by atoms with van der Waals surface area (Å²) in [5, 5.41) is 7.89. The van der Waals surface area contributed by atoms with E-state index < -0.39 is 0 Å². The molecule has 2 rings (SSSR count). The number of halogens is 1. The Kier molecular flexibility index (Phi) is 3.74. The van der Waals surface area contributed by atoms with Crippen molar-refractivity contribution >= 4 is 28.8 Å². The molecule has 0 saturated heterocycles. The highest BCUT2D eigenvalue weighted by Gasteiger charge is 2.07. The number of aromatic nitrogens is 2. The summed E-state index contributed by atoms with van der Waals surface area (Å²) in [7, 11) is 0. The number of thiophene rings is 1. The second-order valence-electron chi connectivity index (χ2n) is 3.58. The fourth-order valence-electron chi connectivity index (χ4n) is 1.46. The predicted octanol–water partition coefficient (Wildman–Crippen LogP) is 3.23. The van der Waals surface area contributed by atoms with Crippen molar-refractivity contribution in [2.45, 2.75) is 19.4 Å². The summed E-state index contributed by atoms with van der Waals surface area (Å²) in [6.07, 6.45) is 4.17. The van der Waals surface area contributed by atoms with Gasteiger partial charge in [0, 0.05) is 18.4 Å². The lowest BCUT2D eigenvalue weighted by Gasteiger charge is -2.13. The first-order valence-corrected chi connectivity index (χ1v) is 6.32. The quantitative estimate of drug-likeness (QED) is 0.909. The van der Waals surface area contributed by atoms with Gasteiger partial charge in [0.05, 0.1) is 0 Å². The second-order valence-corrected chi connectivity index (χ2v) is 4.71. The maximum Gasteiger partial charge on any atom is 0.171 e. The largest absolute Gasteiger partial charge is 0.365 e. The molecule has 5 heteroatoms. The van der Waals surface area contributed by atoms with E-state index in [2.05, 4.69) is 39.0 Å². The van der Waals surface area contributed by atoms with Crippen LogP contribution in [0.5, 0.6) is 0 Å². The maximum absolute atomic E-state index is 5.92. The van der Waals surface area contributed by atoms with Crippen LogP contribution in [0.3, 0.4) is 0 Å². The molecular weight excluding hydrogens is 242 g/mol. The minimum atomic E-state index is 0.281. The third-order valence-electron chi connectivity index (χ3n) is 2.16. The van der Waals surface area contributed by atoms with Crippen LogP contribution in [0.4, 0.5) is 5.82 Å². The molecule has 0 spiro atoms. The van der Waals surface area contributed by atoms with Gasteiger partial charge in [-0.25, -0.2) is 9.97 Å². The van der Waals surface area contributed by atoms with E-state index in [9.17, 15) is 0 Å². The molecule has 1 N–H and O–H groups in total. The molecule has 3 nitrogen and oxygen atoms in total. The summed E-state index contributed by atoms with van der Waals surface area (Å²) in [6, 6.07) is 2.41. The molecule has 0 bridgehead atoms. The Morgan fingerprint density at radius 1 is 1.44 bits per heavy atom. The predicted molar refractivity (Wildman–Crippen MR) is 68.1 cm³/mol. The van der Waals surface area contributed by atoms with E-state index >= 15 is 0 Å². The van der Waals surface area contributed by atoms with Crippen LogP contribution in [0.25, 0.3) is 0 Å². The fourth-order valence-corrected chi connectivity index (χ4v) is 2.31. The van der Waals surface area contributed by atoms with Gasteiger partial charge in [-0.1, -0.05) is 11.6 Å². The van der Waals surface area contributed by atoms with Crippen molar-refractivity contribution in [2.24, 2.45) is 0 Å². The Morgan fingerprint density at radius 3 is 2.94 bits per heavy atom. The van der Waals surface area contributed by atoms with Crippen LogP contribution in [0, 0.1) is 0 Å². The molecule has 0 aliphatic heterocycles. The number of rotatable bonds is 4. The molecule has 0 saturated carbocycles. The van der Waals surface area contributed by atoms with Gasteiger partial charge in [0.15, 0.2) is 11.0 Å². The van der Waals surface area contributed by atoms with Gasteiger partial charge < -0.3 is 5.32 Å². The van der Waals surface area contributed by atoms with Crippen LogP contribution in [0.2, 0.25) is 5.15 Å².